The number of carbonyl (C=O) groups excluding carboxylic acids is 5. The number of unbranched alkanes of at least 4 members (excludes halogenated alkanes) is 6. The van der Waals surface area contributed by atoms with E-state index in [2.05, 4.69) is 19.2 Å². The Balaban J connectivity index is 0.000000658. The van der Waals surface area contributed by atoms with E-state index in [0.29, 0.717) is 57.4 Å². The minimum Gasteiger partial charge on any atom is -0.493 e. The van der Waals surface area contributed by atoms with Crippen LogP contribution in [0, 0.1) is 23.2 Å². The summed E-state index contributed by atoms with van der Waals surface area (Å²) in [5, 5.41) is 21.2. The molecule has 4 aromatic rings. The van der Waals surface area contributed by atoms with E-state index in [1.54, 1.807) is 49.4 Å². The van der Waals surface area contributed by atoms with Gasteiger partial charge in [0.1, 0.15) is 54.4 Å². The van der Waals surface area contributed by atoms with Gasteiger partial charge in [-0.1, -0.05) is 90.5 Å². The van der Waals surface area contributed by atoms with E-state index in [0.717, 1.165) is 62.5 Å². The highest BCUT2D eigenvalue weighted by Gasteiger charge is 2.36. The molecule has 0 fully saturated rings. The van der Waals surface area contributed by atoms with Crippen LogP contribution >= 0.6 is 0 Å². The second-order valence-corrected chi connectivity index (χ2v) is 21.1. The van der Waals surface area contributed by atoms with E-state index < -0.39 is 47.5 Å². The van der Waals surface area contributed by atoms with Crippen LogP contribution in [0.2, 0.25) is 0 Å². The maximum atomic E-state index is 14.8. The van der Waals surface area contributed by atoms with E-state index in [-0.39, 0.29) is 102 Å². The molecule has 1 heterocycles. The zero-order chi connectivity index (χ0) is 60.7. The lowest BCUT2D eigenvalue weighted by Crippen LogP contribution is -2.46. The normalized spacial score (nSPS) is 15.3. The minimum absolute atomic E-state index is 0.0293. The number of benzene rings is 4. The molecule has 452 valence electrons. The summed E-state index contributed by atoms with van der Waals surface area (Å²) in [6.45, 7) is 9.83. The van der Waals surface area contributed by atoms with Gasteiger partial charge in [-0.15, -0.1) is 0 Å². The molecule has 4 bridgehead atoms. The molecule has 2 amide bonds. The van der Waals surface area contributed by atoms with Crippen LogP contribution < -0.4 is 47.2 Å². The number of hydrogen-bond donors (Lipinski definition) is 6. The summed E-state index contributed by atoms with van der Waals surface area (Å²) >= 11 is 0. The Kier molecular flexibility index (Phi) is 30.6. The lowest BCUT2D eigenvalue weighted by molar-refractivity contribution is -0.142. The van der Waals surface area contributed by atoms with Crippen LogP contribution in [-0.4, -0.2) is 111 Å². The fourth-order valence-electron chi connectivity index (χ4n) is 9.96. The Hall–Kier alpha value is -7.17. The molecule has 4 aromatic carbocycles. The molecule has 0 aromatic heterocycles. The van der Waals surface area contributed by atoms with Crippen molar-refractivity contribution in [1.29, 1.82) is 5.26 Å². The largest absolute Gasteiger partial charge is 0.493 e. The summed E-state index contributed by atoms with van der Waals surface area (Å²) in [6, 6.07) is 21.2. The predicted octanol–water partition coefficient (Wildman–Crippen LogP) is 9.03. The maximum Gasteiger partial charge on any atom is 0.339 e. The fourth-order valence-corrected chi connectivity index (χ4v) is 9.96. The van der Waals surface area contributed by atoms with Gasteiger partial charge in [-0.2, -0.15) is 5.26 Å². The van der Waals surface area contributed by atoms with Crippen LogP contribution in [0.4, 0.5) is 0 Å². The minimum atomic E-state index is -1.23. The number of rotatable bonds is 33. The van der Waals surface area contributed by atoms with Gasteiger partial charge in [0.25, 0.3) is 0 Å². The van der Waals surface area contributed by atoms with Crippen molar-refractivity contribution in [3.63, 3.8) is 0 Å². The number of fused-ring (bicyclic) bond motifs is 5. The third-order valence-electron chi connectivity index (χ3n) is 14.4. The molecular formula is C65H91N7O11. The first kappa shape index (κ1) is 68.3. The fraction of sp³-hybridized carbons (Fsp3) is 0.523. The third-order valence-corrected chi connectivity index (χ3v) is 14.4. The Bertz CT molecular complexity index is 2780. The third kappa shape index (κ3) is 21.5. The zero-order valence-corrected chi connectivity index (χ0v) is 49.6. The van der Waals surface area contributed by atoms with E-state index in [1.807, 2.05) is 43.3 Å². The van der Waals surface area contributed by atoms with Gasteiger partial charge >= 0.3 is 5.97 Å². The molecule has 5 rings (SSSR count). The summed E-state index contributed by atoms with van der Waals surface area (Å²) in [6.07, 6.45) is 11.6. The first-order valence-electron chi connectivity index (χ1n) is 29.7. The van der Waals surface area contributed by atoms with E-state index >= 15 is 0 Å². The van der Waals surface area contributed by atoms with E-state index in [9.17, 15) is 34.0 Å². The summed E-state index contributed by atoms with van der Waals surface area (Å²) in [4.78, 5) is 83.4. The predicted molar refractivity (Wildman–Crippen MR) is 323 cm³/mol. The summed E-state index contributed by atoms with van der Waals surface area (Å²) in [5.41, 5.74) is 28.5. The van der Waals surface area contributed by atoms with Gasteiger partial charge in [0.2, 0.25) is 11.8 Å². The smallest absolute Gasteiger partial charge is 0.339 e. The molecule has 0 spiro atoms. The second kappa shape index (κ2) is 37.1. The van der Waals surface area contributed by atoms with Crippen molar-refractivity contribution in [2.24, 2.45) is 34.8 Å². The second-order valence-electron chi connectivity index (χ2n) is 21.1. The van der Waals surface area contributed by atoms with Crippen molar-refractivity contribution in [2.75, 3.05) is 59.7 Å². The number of ether oxygens (including phenoxy) is 4. The van der Waals surface area contributed by atoms with Crippen LogP contribution in [0.3, 0.4) is 0 Å². The summed E-state index contributed by atoms with van der Waals surface area (Å²) < 4.78 is 23.8. The van der Waals surface area contributed by atoms with Gasteiger partial charge in [-0.3, -0.25) is 24.0 Å². The van der Waals surface area contributed by atoms with Crippen molar-refractivity contribution in [1.82, 2.24) is 10.2 Å². The molecule has 0 saturated carbocycles. The lowest BCUT2D eigenvalue weighted by Gasteiger charge is -2.32. The zero-order valence-electron chi connectivity index (χ0n) is 49.6. The highest BCUT2D eigenvalue weighted by atomic mass is 16.5. The molecule has 0 unspecified atom stereocenters. The van der Waals surface area contributed by atoms with Crippen molar-refractivity contribution in [3.8, 4) is 40.2 Å². The van der Waals surface area contributed by atoms with Crippen LogP contribution in [0.1, 0.15) is 167 Å². The lowest BCUT2D eigenvalue weighted by atomic mass is 9.88. The van der Waals surface area contributed by atoms with Gasteiger partial charge in [-0.25, -0.2) is 4.79 Å². The van der Waals surface area contributed by atoms with Gasteiger partial charge in [0.15, 0.2) is 17.3 Å². The molecule has 18 heteroatoms. The Labute approximate surface area is 491 Å². The number of aromatic carboxylic acids is 1. The summed E-state index contributed by atoms with van der Waals surface area (Å²) in [7, 11) is 1.51. The number of carboxylic acids is 1. The molecule has 10 N–H and O–H groups in total. The number of hydrogen-bond acceptors (Lipinski definition) is 15. The molecular weight excluding hydrogens is 1050 g/mol. The van der Waals surface area contributed by atoms with Crippen molar-refractivity contribution >= 4 is 35.1 Å². The number of nitrogens with one attached hydrogen (secondary N) is 1. The van der Waals surface area contributed by atoms with Gasteiger partial charge < -0.3 is 57.2 Å². The molecule has 1 aliphatic heterocycles. The number of aryl methyl sites for hydroxylation is 2. The van der Waals surface area contributed by atoms with Crippen molar-refractivity contribution in [2.45, 2.75) is 149 Å². The quantitative estimate of drug-likeness (QED) is 0.0191. The Morgan fingerprint density at radius 3 is 1.78 bits per heavy atom. The number of carboxylic acid groups (broad SMARTS) is 1. The highest BCUT2D eigenvalue weighted by molar-refractivity contribution is 6.02. The van der Waals surface area contributed by atoms with E-state index in [1.165, 1.54) is 31.2 Å². The molecule has 4 atom stereocenters. The number of nitriles is 1. The SMILES string of the molecule is CCCCCCc1ccc(C(=O)C[C@@H](CCN)C(=O)N(C)[C@@H]2C(=O)C[C@@H](C)C(=O)N[C@H](C(=O)CCC#N)Cc3ccc(OCCN)c(c3)-c3cc2ccc3OCCN)c(OCCN)c1.CCCCCCc1ccc(C(=O)O)c(OCCC)c1. The first-order valence-corrected chi connectivity index (χ1v) is 29.7. The molecule has 0 aliphatic carbocycles. The van der Waals surface area contributed by atoms with Crippen LogP contribution in [0.5, 0.6) is 23.0 Å². The number of Topliss-reactive ketones (excluding diaryl/α,β-unsaturated/α-hetero) is 3. The van der Waals surface area contributed by atoms with Crippen molar-refractivity contribution in [3.05, 3.63) is 106 Å². The molecule has 0 saturated heterocycles. The van der Waals surface area contributed by atoms with Crippen molar-refractivity contribution < 1.29 is 52.8 Å². The molecule has 18 nitrogen and oxygen atoms in total. The van der Waals surface area contributed by atoms with Crippen LogP contribution in [0.25, 0.3) is 11.1 Å². The average Bonchev–Trinajstić information content (AvgIpc) is 3.68. The number of carbonyl (C=O) groups is 6. The average molecular weight is 1150 g/mol. The Morgan fingerprint density at radius 2 is 1.23 bits per heavy atom. The molecule has 1 aliphatic rings. The highest BCUT2D eigenvalue weighted by Crippen LogP contribution is 2.41. The number of nitrogens with zero attached hydrogens (tertiary/aromatic N) is 2. The van der Waals surface area contributed by atoms with E-state index in [4.69, 9.17) is 47.0 Å². The monoisotopic (exact) mass is 1150 g/mol. The number of likely N-dealkylation sites (N-methyl/N-ethyl adjacent to an activating group) is 1. The topological polar surface area (TPSA) is 303 Å². The van der Waals surface area contributed by atoms with Gasteiger partial charge in [-0.05, 0) is 122 Å². The van der Waals surface area contributed by atoms with Gasteiger partial charge in [0, 0.05) is 75.3 Å². The maximum absolute atomic E-state index is 14.8. The standard InChI is InChI=1S/C49H67N7O8.C16H24O3/c1-4-5-6-7-9-33-11-14-37(46(29-33)64-25-22-54)42(58)31-36(17-19-51)49(61)56(3)47-35-13-16-45(63-24-21-53)39(30-35)38-27-34(12-15-44(38)62-23-20-52)28-40(41(57)10-8-18-50)55-48(60)32(2)26-43(47)59;1-3-5-6-7-8-13-9-10-14(16(17)18)15(12-13)19-11-4-2/h11-16,27,29-30,32,36,40,47H,4-10,17,19-26,28,31,51-54H2,1-3H3,(H,55,60);9-10,12H,3-8,11H2,1-2H3,(H,17,18)/t32-,36-,40+,47+;/m1./s1. The van der Waals surface area contributed by atoms with Crippen LogP contribution in [-0.2, 0) is 38.4 Å². The number of ketones is 3. The first-order chi connectivity index (χ1) is 40.1. The Morgan fingerprint density at radius 1 is 0.675 bits per heavy atom. The number of amides is 2. The summed E-state index contributed by atoms with van der Waals surface area (Å²) in [5.74, 6) is -3.12. The van der Waals surface area contributed by atoms with Crippen LogP contribution in [0.15, 0.2) is 72.8 Å². The molecule has 0 radical (unpaired) electrons. The molecule has 83 heavy (non-hydrogen) atoms. The van der Waals surface area contributed by atoms with Gasteiger partial charge in [0.05, 0.1) is 24.3 Å². The number of nitrogens with two attached hydrogens (primary N) is 4.